The van der Waals surface area contributed by atoms with Crippen molar-refractivity contribution in [1.29, 1.82) is 0 Å². The number of allylic oxidation sites excluding steroid dienone is 1. The number of hydrogen-bond donors (Lipinski definition) is 2. The van der Waals surface area contributed by atoms with Crippen molar-refractivity contribution >= 4 is 29.2 Å². The Morgan fingerprint density at radius 1 is 1.24 bits per heavy atom. The minimum absolute atomic E-state index is 0.459. The van der Waals surface area contributed by atoms with Crippen LogP contribution >= 0.6 is 11.3 Å². The van der Waals surface area contributed by atoms with E-state index >= 15 is 0 Å². The molecule has 0 fully saturated rings. The van der Waals surface area contributed by atoms with E-state index < -0.39 is 24.5 Å². The third-order valence-corrected chi connectivity index (χ3v) is 4.93. The maximum absolute atomic E-state index is 11.9. The molecule has 1 aliphatic carbocycles. The molecule has 1 aromatic rings. The highest BCUT2D eigenvalue weighted by Gasteiger charge is 2.16. The zero-order valence-corrected chi connectivity index (χ0v) is 15.5. The lowest BCUT2D eigenvalue weighted by Gasteiger charge is -2.13. The lowest BCUT2D eigenvalue weighted by Crippen LogP contribution is -2.41. The van der Waals surface area contributed by atoms with E-state index in [0.717, 1.165) is 29.0 Å². The molecular weight excluding hydrogens is 340 g/mol. The van der Waals surface area contributed by atoms with Crippen LogP contribution < -0.4 is 10.6 Å². The van der Waals surface area contributed by atoms with Crippen LogP contribution in [-0.4, -0.2) is 31.1 Å². The van der Waals surface area contributed by atoms with Gasteiger partial charge in [-0.2, -0.15) is 0 Å². The predicted molar refractivity (Wildman–Crippen MR) is 96.8 cm³/mol. The average Bonchev–Trinajstić information content (AvgIpc) is 2.92. The molecule has 0 spiro atoms. The monoisotopic (exact) mass is 364 g/mol. The van der Waals surface area contributed by atoms with Gasteiger partial charge in [0.1, 0.15) is 0 Å². The summed E-state index contributed by atoms with van der Waals surface area (Å²) in [6.45, 7) is 3.72. The van der Waals surface area contributed by atoms with E-state index in [-0.39, 0.29) is 0 Å². The molecule has 0 saturated heterocycles. The fourth-order valence-corrected chi connectivity index (χ4v) is 3.63. The first kappa shape index (κ1) is 19.2. The Morgan fingerprint density at radius 3 is 2.68 bits per heavy atom. The normalized spacial score (nSPS) is 13.8. The lowest BCUT2D eigenvalue weighted by molar-refractivity contribution is -0.123. The van der Waals surface area contributed by atoms with Crippen LogP contribution in [0.25, 0.3) is 0 Å². The van der Waals surface area contributed by atoms with E-state index in [4.69, 9.17) is 4.74 Å². The molecule has 0 atom stereocenters. The van der Waals surface area contributed by atoms with Gasteiger partial charge in [0.05, 0.1) is 5.56 Å². The predicted octanol–water partition coefficient (Wildman–Crippen LogP) is 3.24. The van der Waals surface area contributed by atoms with Crippen LogP contribution in [0.3, 0.4) is 0 Å². The van der Waals surface area contributed by atoms with Crippen molar-refractivity contribution < 1.29 is 19.1 Å². The van der Waals surface area contributed by atoms with Gasteiger partial charge in [-0.1, -0.05) is 11.6 Å². The van der Waals surface area contributed by atoms with Gasteiger partial charge in [0.2, 0.25) is 0 Å². The first-order valence-corrected chi connectivity index (χ1v) is 9.27. The maximum atomic E-state index is 11.9. The van der Waals surface area contributed by atoms with Gasteiger partial charge in [-0.15, -0.1) is 11.3 Å². The molecular formula is C18H24N2O4S. The Bertz CT molecular complexity index is 679. The molecule has 0 aliphatic heterocycles. The summed E-state index contributed by atoms with van der Waals surface area (Å²) in [5.41, 5.74) is 1.81. The molecule has 7 heteroatoms. The van der Waals surface area contributed by atoms with Gasteiger partial charge < -0.3 is 10.1 Å². The minimum atomic E-state index is -0.646. The molecule has 1 aliphatic rings. The average molecular weight is 364 g/mol. The second-order valence-electron chi connectivity index (χ2n) is 6.07. The SMILES string of the molecule is Cc1cc(C(=O)OCC(=O)NC(=O)NCCC2=CCCCC2)c(C)s1. The van der Waals surface area contributed by atoms with Gasteiger partial charge in [-0.25, -0.2) is 9.59 Å². The zero-order valence-electron chi connectivity index (χ0n) is 14.6. The van der Waals surface area contributed by atoms with Crippen LogP contribution in [0.5, 0.6) is 0 Å². The minimum Gasteiger partial charge on any atom is -0.452 e. The van der Waals surface area contributed by atoms with E-state index in [1.54, 1.807) is 6.07 Å². The van der Waals surface area contributed by atoms with E-state index in [2.05, 4.69) is 16.7 Å². The van der Waals surface area contributed by atoms with Gasteiger partial charge in [0.25, 0.3) is 5.91 Å². The number of thiophene rings is 1. The zero-order chi connectivity index (χ0) is 18.2. The second kappa shape index (κ2) is 9.36. The van der Waals surface area contributed by atoms with Crippen molar-refractivity contribution in [3.63, 3.8) is 0 Å². The van der Waals surface area contributed by atoms with Gasteiger partial charge in [0, 0.05) is 16.3 Å². The van der Waals surface area contributed by atoms with Crippen molar-refractivity contribution in [1.82, 2.24) is 10.6 Å². The van der Waals surface area contributed by atoms with Crippen molar-refractivity contribution in [3.8, 4) is 0 Å². The lowest BCUT2D eigenvalue weighted by atomic mass is 9.97. The summed E-state index contributed by atoms with van der Waals surface area (Å²) in [6, 6.07) is 1.16. The summed E-state index contributed by atoms with van der Waals surface area (Å²) in [5, 5.41) is 4.80. The molecule has 136 valence electrons. The number of carbonyl (C=O) groups is 3. The first-order valence-electron chi connectivity index (χ1n) is 8.45. The maximum Gasteiger partial charge on any atom is 0.339 e. The van der Waals surface area contributed by atoms with Crippen LogP contribution in [-0.2, 0) is 9.53 Å². The van der Waals surface area contributed by atoms with Crippen molar-refractivity contribution in [2.45, 2.75) is 46.0 Å². The quantitative estimate of drug-likeness (QED) is 0.599. The van der Waals surface area contributed by atoms with E-state index in [1.165, 1.54) is 29.8 Å². The first-order chi connectivity index (χ1) is 12.0. The number of ether oxygens (including phenoxy) is 1. The van der Waals surface area contributed by atoms with Crippen molar-refractivity contribution in [2.75, 3.05) is 13.2 Å². The smallest absolute Gasteiger partial charge is 0.339 e. The number of aryl methyl sites for hydroxylation is 2. The van der Waals surface area contributed by atoms with Crippen LogP contribution in [0.1, 0.15) is 52.2 Å². The number of hydrogen-bond acceptors (Lipinski definition) is 5. The molecule has 1 heterocycles. The van der Waals surface area contributed by atoms with Gasteiger partial charge in [-0.05, 0) is 52.0 Å². The topological polar surface area (TPSA) is 84.5 Å². The summed E-state index contributed by atoms with van der Waals surface area (Å²) in [4.78, 5) is 37.1. The number of esters is 1. The Morgan fingerprint density at radius 2 is 2.04 bits per heavy atom. The number of urea groups is 1. The molecule has 3 amide bonds. The molecule has 0 saturated carbocycles. The molecule has 25 heavy (non-hydrogen) atoms. The van der Waals surface area contributed by atoms with E-state index in [9.17, 15) is 14.4 Å². The highest BCUT2D eigenvalue weighted by molar-refractivity contribution is 7.12. The summed E-state index contributed by atoms with van der Waals surface area (Å²) in [7, 11) is 0. The molecule has 0 unspecified atom stereocenters. The number of carbonyl (C=O) groups excluding carboxylic acids is 3. The molecule has 2 rings (SSSR count). The third kappa shape index (κ3) is 6.34. The Labute approximate surface area is 151 Å². The Balaban J connectivity index is 1.65. The number of amides is 3. The van der Waals surface area contributed by atoms with Crippen LogP contribution in [0.4, 0.5) is 4.79 Å². The van der Waals surface area contributed by atoms with Crippen molar-refractivity contribution in [2.24, 2.45) is 0 Å². The molecule has 0 radical (unpaired) electrons. The van der Waals surface area contributed by atoms with E-state index in [0.29, 0.717) is 12.1 Å². The summed E-state index contributed by atoms with van der Waals surface area (Å²) < 4.78 is 4.95. The molecule has 2 N–H and O–H groups in total. The Kier molecular flexibility index (Phi) is 7.18. The standard InChI is InChI=1S/C18H24N2O4S/c1-12-10-15(13(2)25-12)17(22)24-11-16(21)20-18(23)19-9-8-14-6-4-3-5-7-14/h6,10H,3-5,7-9,11H2,1-2H3,(H2,19,20,21,23). The van der Waals surface area contributed by atoms with Crippen LogP contribution in [0.15, 0.2) is 17.7 Å². The molecule has 0 aromatic carbocycles. The summed E-state index contributed by atoms with van der Waals surface area (Å²) in [5.74, 6) is -1.20. The molecule has 6 nitrogen and oxygen atoms in total. The van der Waals surface area contributed by atoms with Crippen LogP contribution in [0, 0.1) is 13.8 Å². The van der Waals surface area contributed by atoms with Crippen LogP contribution in [0.2, 0.25) is 0 Å². The summed E-state index contributed by atoms with van der Waals surface area (Å²) >= 11 is 1.49. The summed E-state index contributed by atoms with van der Waals surface area (Å²) in [6.07, 6.45) is 7.64. The third-order valence-electron chi connectivity index (χ3n) is 3.96. The Hall–Kier alpha value is -2.15. The van der Waals surface area contributed by atoms with Gasteiger partial charge in [-0.3, -0.25) is 10.1 Å². The highest BCUT2D eigenvalue weighted by Crippen LogP contribution is 2.21. The largest absolute Gasteiger partial charge is 0.452 e. The molecule has 0 bridgehead atoms. The number of nitrogens with one attached hydrogen (secondary N) is 2. The molecule has 1 aromatic heterocycles. The van der Waals surface area contributed by atoms with Gasteiger partial charge in [0.15, 0.2) is 6.61 Å². The second-order valence-corrected chi connectivity index (χ2v) is 7.53. The number of rotatable bonds is 6. The number of imide groups is 1. The fourth-order valence-electron chi connectivity index (χ4n) is 2.72. The highest BCUT2D eigenvalue weighted by atomic mass is 32.1. The van der Waals surface area contributed by atoms with Gasteiger partial charge >= 0.3 is 12.0 Å². The van der Waals surface area contributed by atoms with Crippen molar-refractivity contribution in [3.05, 3.63) is 33.0 Å². The fraction of sp³-hybridized carbons (Fsp3) is 0.500. The van der Waals surface area contributed by atoms with E-state index in [1.807, 2.05) is 13.8 Å².